The maximum atomic E-state index is 10.0. The number of likely N-dealkylation sites (tertiary alicyclic amines) is 1. The molecule has 1 aliphatic carbocycles. The molecule has 4 nitrogen and oxygen atoms in total. The Morgan fingerprint density at radius 3 is 2.50 bits per heavy atom. The van der Waals surface area contributed by atoms with E-state index in [1.807, 2.05) is 6.07 Å². The van der Waals surface area contributed by atoms with Crippen LogP contribution in [0.5, 0.6) is 11.5 Å². The van der Waals surface area contributed by atoms with Crippen molar-refractivity contribution in [2.45, 2.75) is 52.2 Å². The number of piperidine rings is 1. The van der Waals surface area contributed by atoms with Gasteiger partial charge in [0.1, 0.15) is 0 Å². The number of benzene rings is 1. The normalized spacial score (nSPS) is 23.3. The Morgan fingerprint density at radius 1 is 1.21 bits per heavy atom. The van der Waals surface area contributed by atoms with Gasteiger partial charge in [-0.1, -0.05) is 19.9 Å². The molecular weight excluding hydrogens is 302 g/mol. The molecule has 2 fully saturated rings. The van der Waals surface area contributed by atoms with E-state index < -0.39 is 0 Å². The lowest BCUT2D eigenvalue weighted by molar-refractivity contribution is -0.100. The Kier molecular flexibility index (Phi) is 5.36. The van der Waals surface area contributed by atoms with E-state index in [2.05, 4.69) is 30.9 Å². The highest BCUT2D eigenvalue weighted by Gasteiger charge is 2.47. The molecule has 1 atom stereocenters. The molecule has 1 unspecified atom stereocenters. The van der Waals surface area contributed by atoms with Gasteiger partial charge in [-0.05, 0) is 67.8 Å². The van der Waals surface area contributed by atoms with Crippen LogP contribution in [0.2, 0.25) is 0 Å². The van der Waals surface area contributed by atoms with Crippen molar-refractivity contribution in [2.75, 3.05) is 26.8 Å². The molecule has 1 spiro atoms. The lowest BCUT2D eigenvalue weighted by Crippen LogP contribution is -2.51. The second kappa shape index (κ2) is 7.32. The summed E-state index contributed by atoms with van der Waals surface area (Å²) in [6.45, 7) is 8.07. The van der Waals surface area contributed by atoms with Crippen molar-refractivity contribution in [1.82, 2.24) is 4.90 Å². The Morgan fingerprint density at radius 2 is 1.96 bits per heavy atom. The van der Waals surface area contributed by atoms with Crippen LogP contribution in [0.4, 0.5) is 0 Å². The summed E-state index contributed by atoms with van der Waals surface area (Å²) in [5.74, 6) is 2.14. The standard InChI is InChI=1S/C20H31NO3/c1-15(2)14-24-17-5-4-16(12-18(17)23-3)13-21-10-8-20(9-11-21)7-6-19(20)22/h4-5,12,15,19,22H,6-11,13-14H2,1-3H3. The quantitative estimate of drug-likeness (QED) is 0.865. The summed E-state index contributed by atoms with van der Waals surface area (Å²) in [5, 5.41) is 10.0. The van der Waals surface area contributed by atoms with Gasteiger partial charge in [0.05, 0.1) is 19.8 Å². The average Bonchev–Trinajstić information content (AvgIpc) is 2.59. The number of rotatable bonds is 6. The summed E-state index contributed by atoms with van der Waals surface area (Å²) >= 11 is 0. The maximum Gasteiger partial charge on any atom is 0.161 e. The minimum atomic E-state index is -0.0582. The number of methoxy groups -OCH3 is 1. The molecule has 1 aliphatic heterocycles. The number of aliphatic hydroxyl groups is 1. The molecule has 1 heterocycles. The summed E-state index contributed by atoms with van der Waals surface area (Å²) in [6.07, 6.45) is 4.39. The minimum Gasteiger partial charge on any atom is -0.493 e. The predicted octanol–water partition coefficient (Wildman–Crippen LogP) is 3.47. The van der Waals surface area contributed by atoms with Crippen LogP contribution in [-0.2, 0) is 6.54 Å². The third-order valence-electron chi connectivity index (χ3n) is 5.68. The van der Waals surface area contributed by atoms with Crippen LogP contribution in [0.3, 0.4) is 0 Å². The molecule has 0 amide bonds. The molecule has 1 N–H and O–H groups in total. The zero-order valence-corrected chi connectivity index (χ0v) is 15.3. The summed E-state index contributed by atoms with van der Waals surface area (Å²) in [7, 11) is 1.70. The molecule has 2 aliphatic rings. The number of aliphatic hydroxyl groups excluding tert-OH is 1. The van der Waals surface area contributed by atoms with Crippen LogP contribution < -0.4 is 9.47 Å². The number of hydrogen-bond acceptors (Lipinski definition) is 4. The zero-order valence-electron chi connectivity index (χ0n) is 15.3. The summed E-state index contributed by atoms with van der Waals surface area (Å²) in [6, 6.07) is 6.26. The van der Waals surface area contributed by atoms with Crippen molar-refractivity contribution in [3.63, 3.8) is 0 Å². The third kappa shape index (κ3) is 3.70. The number of hydrogen-bond donors (Lipinski definition) is 1. The highest BCUT2D eigenvalue weighted by molar-refractivity contribution is 5.43. The van der Waals surface area contributed by atoms with Crippen LogP contribution in [0.1, 0.15) is 45.1 Å². The molecular formula is C20H31NO3. The predicted molar refractivity (Wildman–Crippen MR) is 95.5 cm³/mol. The fourth-order valence-corrected chi connectivity index (χ4v) is 3.87. The van der Waals surface area contributed by atoms with Crippen LogP contribution in [0.25, 0.3) is 0 Å². The molecule has 134 valence electrons. The zero-order chi connectivity index (χ0) is 17.2. The van der Waals surface area contributed by atoms with Gasteiger partial charge in [0.25, 0.3) is 0 Å². The van der Waals surface area contributed by atoms with Gasteiger partial charge in [0, 0.05) is 6.54 Å². The first-order valence-electron chi connectivity index (χ1n) is 9.22. The van der Waals surface area contributed by atoms with Gasteiger partial charge < -0.3 is 14.6 Å². The topological polar surface area (TPSA) is 41.9 Å². The first-order chi connectivity index (χ1) is 11.5. The van der Waals surface area contributed by atoms with E-state index in [0.717, 1.165) is 50.4 Å². The SMILES string of the molecule is COc1cc(CN2CCC3(CCC3O)CC2)ccc1OCC(C)C. The largest absolute Gasteiger partial charge is 0.493 e. The monoisotopic (exact) mass is 333 g/mol. The van der Waals surface area contributed by atoms with Crippen molar-refractivity contribution in [3.05, 3.63) is 23.8 Å². The second-order valence-corrected chi connectivity index (χ2v) is 7.88. The van der Waals surface area contributed by atoms with Gasteiger partial charge in [-0.15, -0.1) is 0 Å². The second-order valence-electron chi connectivity index (χ2n) is 7.88. The lowest BCUT2D eigenvalue weighted by Gasteiger charge is -2.51. The van der Waals surface area contributed by atoms with Crippen LogP contribution in [0, 0.1) is 11.3 Å². The third-order valence-corrected chi connectivity index (χ3v) is 5.68. The number of nitrogens with zero attached hydrogens (tertiary/aromatic N) is 1. The molecule has 1 aromatic rings. The lowest BCUT2D eigenvalue weighted by atomic mass is 9.61. The summed E-state index contributed by atoms with van der Waals surface area (Å²) in [5.41, 5.74) is 1.50. The smallest absolute Gasteiger partial charge is 0.161 e. The van der Waals surface area contributed by atoms with Crippen LogP contribution in [-0.4, -0.2) is 42.9 Å². The van der Waals surface area contributed by atoms with E-state index in [0.29, 0.717) is 12.5 Å². The Hall–Kier alpha value is -1.26. The molecule has 0 radical (unpaired) electrons. The van der Waals surface area contributed by atoms with Gasteiger partial charge in [-0.25, -0.2) is 0 Å². The van der Waals surface area contributed by atoms with Gasteiger partial charge in [-0.2, -0.15) is 0 Å². The van der Waals surface area contributed by atoms with E-state index in [1.165, 1.54) is 12.0 Å². The van der Waals surface area contributed by atoms with Gasteiger partial charge in [-0.3, -0.25) is 4.90 Å². The van der Waals surface area contributed by atoms with Gasteiger partial charge in [0.15, 0.2) is 11.5 Å². The van der Waals surface area contributed by atoms with E-state index in [-0.39, 0.29) is 11.5 Å². The van der Waals surface area contributed by atoms with Crippen LogP contribution >= 0.6 is 0 Å². The molecule has 0 aromatic heterocycles. The van der Waals surface area contributed by atoms with Crippen molar-refractivity contribution in [2.24, 2.45) is 11.3 Å². The molecule has 4 heteroatoms. The first-order valence-corrected chi connectivity index (χ1v) is 9.22. The van der Waals surface area contributed by atoms with Gasteiger partial charge in [0.2, 0.25) is 0 Å². The fraction of sp³-hybridized carbons (Fsp3) is 0.700. The molecule has 1 saturated carbocycles. The maximum absolute atomic E-state index is 10.0. The van der Waals surface area contributed by atoms with Crippen molar-refractivity contribution in [3.8, 4) is 11.5 Å². The van der Waals surface area contributed by atoms with E-state index >= 15 is 0 Å². The van der Waals surface area contributed by atoms with E-state index in [4.69, 9.17) is 9.47 Å². The summed E-state index contributed by atoms with van der Waals surface area (Å²) in [4.78, 5) is 2.49. The molecule has 1 saturated heterocycles. The fourth-order valence-electron chi connectivity index (χ4n) is 3.87. The number of ether oxygens (including phenoxy) is 2. The minimum absolute atomic E-state index is 0.0582. The highest BCUT2D eigenvalue weighted by Crippen LogP contribution is 2.49. The average molecular weight is 333 g/mol. The molecule has 1 aromatic carbocycles. The van der Waals surface area contributed by atoms with E-state index in [1.54, 1.807) is 7.11 Å². The van der Waals surface area contributed by atoms with Crippen LogP contribution in [0.15, 0.2) is 18.2 Å². The molecule has 3 rings (SSSR count). The first kappa shape index (κ1) is 17.6. The van der Waals surface area contributed by atoms with E-state index in [9.17, 15) is 5.11 Å². The van der Waals surface area contributed by atoms with Gasteiger partial charge >= 0.3 is 0 Å². The molecule has 24 heavy (non-hydrogen) atoms. The van der Waals surface area contributed by atoms with Crippen molar-refractivity contribution in [1.29, 1.82) is 0 Å². The summed E-state index contributed by atoms with van der Waals surface area (Å²) < 4.78 is 11.3. The highest BCUT2D eigenvalue weighted by atomic mass is 16.5. The Labute approximate surface area is 145 Å². The molecule has 0 bridgehead atoms. The van der Waals surface area contributed by atoms with Crippen molar-refractivity contribution >= 4 is 0 Å². The Balaban J connectivity index is 1.57. The Bertz CT molecular complexity index is 550. The van der Waals surface area contributed by atoms with Crippen molar-refractivity contribution < 1.29 is 14.6 Å².